The zero-order valence-corrected chi connectivity index (χ0v) is 10.5. The second-order valence-corrected chi connectivity index (χ2v) is 4.20. The molecule has 0 heterocycles. The first-order valence-electron chi connectivity index (χ1n) is 6.04. The van der Waals surface area contributed by atoms with E-state index in [-0.39, 0.29) is 5.69 Å². The summed E-state index contributed by atoms with van der Waals surface area (Å²) >= 11 is 0. The molecule has 0 atom stereocenters. The predicted molar refractivity (Wildman–Crippen MR) is 66.4 cm³/mol. The molecular formula is C13H16F3NO2. The monoisotopic (exact) mass is 275 g/mol. The summed E-state index contributed by atoms with van der Waals surface area (Å²) in [6.07, 6.45) is -1.80. The van der Waals surface area contributed by atoms with E-state index in [0.717, 1.165) is 31.4 Å². The molecule has 0 aliphatic heterocycles. The molecule has 1 aromatic carbocycles. The van der Waals surface area contributed by atoms with Crippen molar-refractivity contribution in [1.82, 2.24) is 0 Å². The molecule has 1 aromatic rings. The topological polar surface area (TPSA) is 49.3 Å². The summed E-state index contributed by atoms with van der Waals surface area (Å²) < 4.78 is 38.2. The third-order valence-electron chi connectivity index (χ3n) is 2.66. The third-order valence-corrected chi connectivity index (χ3v) is 2.66. The van der Waals surface area contributed by atoms with Crippen molar-refractivity contribution in [1.29, 1.82) is 0 Å². The van der Waals surface area contributed by atoms with Gasteiger partial charge in [-0.25, -0.2) is 4.79 Å². The van der Waals surface area contributed by atoms with E-state index in [1.54, 1.807) is 0 Å². The van der Waals surface area contributed by atoms with Gasteiger partial charge in [-0.05, 0) is 24.6 Å². The lowest BCUT2D eigenvalue weighted by Crippen LogP contribution is -2.14. The number of aromatic carboxylic acids is 1. The van der Waals surface area contributed by atoms with E-state index in [0.29, 0.717) is 6.54 Å². The van der Waals surface area contributed by atoms with Gasteiger partial charge in [0.05, 0.1) is 11.1 Å². The van der Waals surface area contributed by atoms with E-state index in [2.05, 4.69) is 5.32 Å². The number of unbranched alkanes of at least 4 members (excludes halogenated alkanes) is 2. The summed E-state index contributed by atoms with van der Waals surface area (Å²) in [5.74, 6) is -1.58. The van der Waals surface area contributed by atoms with Crippen LogP contribution in [0.4, 0.5) is 18.9 Å². The maximum Gasteiger partial charge on any atom is 0.417 e. The lowest BCUT2D eigenvalue weighted by atomic mass is 10.1. The fraction of sp³-hybridized carbons (Fsp3) is 0.462. The van der Waals surface area contributed by atoms with Gasteiger partial charge in [0, 0.05) is 12.2 Å². The maximum atomic E-state index is 12.7. The minimum Gasteiger partial charge on any atom is -0.478 e. The molecule has 0 unspecified atom stereocenters. The fourth-order valence-corrected chi connectivity index (χ4v) is 1.68. The standard InChI is InChI=1S/C13H16F3NO2/c1-2-3-4-7-17-9-5-6-10(12(18)19)11(8-9)13(14,15)16/h5-6,8,17H,2-4,7H2,1H3,(H,18,19). The van der Waals surface area contributed by atoms with Gasteiger partial charge < -0.3 is 10.4 Å². The highest BCUT2D eigenvalue weighted by atomic mass is 19.4. The summed E-state index contributed by atoms with van der Waals surface area (Å²) in [7, 11) is 0. The molecular weight excluding hydrogens is 259 g/mol. The van der Waals surface area contributed by atoms with E-state index >= 15 is 0 Å². The Labute approximate surface area is 109 Å². The molecule has 1 rings (SSSR count). The van der Waals surface area contributed by atoms with Crippen LogP contribution < -0.4 is 5.32 Å². The summed E-state index contributed by atoms with van der Waals surface area (Å²) in [6.45, 7) is 2.60. The number of benzene rings is 1. The highest BCUT2D eigenvalue weighted by molar-refractivity contribution is 5.90. The molecule has 0 aromatic heterocycles. The molecule has 0 bridgehead atoms. The number of rotatable bonds is 6. The Morgan fingerprint density at radius 3 is 2.53 bits per heavy atom. The quantitative estimate of drug-likeness (QED) is 0.771. The van der Waals surface area contributed by atoms with Crippen molar-refractivity contribution in [3.63, 3.8) is 0 Å². The molecule has 0 radical (unpaired) electrons. The van der Waals surface area contributed by atoms with Crippen molar-refractivity contribution >= 4 is 11.7 Å². The molecule has 0 fully saturated rings. The Morgan fingerprint density at radius 2 is 2.00 bits per heavy atom. The van der Waals surface area contributed by atoms with E-state index in [1.165, 1.54) is 6.07 Å². The second-order valence-electron chi connectivity index (χ2n) is 4.20. The van der Waals surface area contributed by atoms with Gasteiger partial charge >= 0.3 is 12.1 Å². The molecule has 6 heteroatoms. The van der Waals surface area contributed by atoms with Crippen LogP contribution in [-0.4, -0.2) is 17.6 Å². The Kier molecular flexibility index (Phi) is 5.20. The zero-order chi connectivity index (χ0) is 14.5. The van der Waals surface area contributed by atoms with Crippen molar-refractivity contribution in [2.24, 2.45) is 0 Å². The van der Waals surface area contributed by atoms with E-state index < -0.39 is 23.3 Å². The average Bonchev–Trinajstić information content (AvgIpc) is 2.33. The number of nitrogens with one attached hydrogen (secondary N) is 1. The van der Waals surface area contributed by atoms with Crippen LogP contribution in [0.2, 0.25) is 0 Å². The third kappa shape index (κ3) is 4.46. The number of carboxylic acids is 1. The normalized spacial score (nSPS) is 11.4. The molecule has 106 valence electrons. The molecule has 0 spiro atoms. The number of carbonyl (C=O) groups is 1. The van der Waals surface area contributed by atoms with Crippen LogP contribution in [-0.2, 0) is 6.18 Å². The lowest BCUT2D eigenvalue weighted by molar-refractivity contribution is -0.138. The van der Waals surface area contributed by atoms with E-state index in [4.69, 9.17) is 5.11 Å². The van der Waals surface area contributed by atoms with Gasteiger partial charge in [0.2, 0.25) is 0 Å². The SMILES string of the molecule is CCCCCNc1ccc(C(=O)O)c(C(F)(F)F)c1. The first-order chi connectivity index (χ1) is 8.86. The largest absolute Gasteiger partial charge is 0.478 e. The van der Waals surface area contributed by atoms with E-state index in [1.807, 2.05) is 6.92 Å². The molecule has 19 heavy (non-hydrogen) atoms. The molecule has 3 nitrogen and oxygen atoms in total. The lowest BCUT2D eigenvalue weighted by Gasteiger charge is -2.13. The van der Waals surface area contributed by atoms with Crippen LogP contribution in [0.25, 0.3) is 0 Å². The molecule has 0 saturated heterocycles. The number of alkyl halides is 3. The van der Waals surface area contributed by atoms with Crippen LogP contribution in [0, 0.1) is 0 Å². The Hall–Kier alpha value is -1.72. The highest BCUT2D eigenvalue weighted by Crippen LogP contribution is 2.33. The minimum absolute atomic E-state index is 0.286. The highest BCUT2D eigenvalue weighted by Gasteiger charge is 2.35. The first-order valence-corrected chi connectivity index (χ1v) is 6.04. The smallest absolute Gasteiger partial charge is 0.417 e. The molecule has 0 aliphatic carbocycles. The van der Waals surface area contributed by atoms with Gasteiger partial charge in [-0.2, -0.15) is 13.2 Å². The van der Waals surface area contributed by atoms with Crippen LogP contribution in [0.3, 0.4) is 0 Å². The minimum atomic E-state index is -4.67. The number of hydrogen-bond donors (Lipinski definition) is 2. The van der Waals surface area contributed by atoms with Crippen LogP contribution in [0.15, 0.2) is 18.2 Å². The van der Waals surface area contributed by atoms with Gasteiger partial charge in [0.25, 0.3) is 0 Å². The predicted octanol–water partition coefficient (Wildman–Crippen LogP) is 4.01. The first kappa shape index (κ1) is 15.3. The van der Waals surface area contributed by atoms with Crippen molar-refractivity contribution in [3.8, 4) is 0 Å². The average molecular weight is 275 g/mol. The zero-order valence-electron chi connectivity index (χ0n) is 10.5. The van der Waals surface area contributed by atoms with Gasteiger partial charge in [0.15, 0.2) is 0 Å². The van der Waals surface area contributed by atoms with Gasteiger partial charge in [0.1, 0.15) is 0 Å². The summed E-state index contributed by atoms with van der Waals surface area (Å²) in [5.41, 5.74) is -1.57. The number of hydrogen-bond acceptors (Lipinski definition) is 2. The van der Waals surface area contributed by atoms with Crippen molar-refractivity contribution in [3.05, 3.63) is 29.3 Å². The maximum absolute atomic E-state index is 12.7. The summed E-state index contributed by atoms with van der Waals surface area (Å²) in [5, 5.41) is 11.6. The summed E-state index contributed by atoms with van der Waals surface area (Å²) in [4.78, 5) is 10.8. The second kappa shape index (κ2) is 6.45. The van der Waals surface area contributed by atoms with Crippen LogP contribution in [0.1, 0.15) is 42.1 Å². The number of halogens is 3. The number of anilines is 1. The fourth-order valence-electron chi connectivity index (χ4n) is 1.68. The van der Waals surface area contributed by atoms with Crippen molar-refractivity contribution < 1.29 is 23.1 Å². The van der Waals surface area contributed by atoms with Crippen molar-refractivity contribution in [2.75, 3.05) is 11.9 Å². The molecule has 0 aliphatic rings. The molecule has 0 saturated carbocycles. The molecule has 0 amide bonds. The van der Waals surface area contributed by atoms with Crippen LogP contribution in [0.5, 0.6) is 0 Å². The van der Waals surface area contributed by atoms with Gasteiger partial charge in [-0.1, -0.05) is 19.8 Å². The Morgan fingerprint density at radius 1 is 1.32 bits per heavy atom. The van der Waals surface area contributed by atoms with E-state index in [9.17, 15) is 18.0 Å². The van der Waals surface area contributed by atoms with Crippen LogP contribution >= 0.6 is 0 Å². The van der Waals surface area contributed by atoms with Crippen molar-refractivity contribution in [2.45, 2.75) is 32.4 Å². The number of carboxylic acid groups (broad SMARTS) is 1. The van der Waals surface area contributed by atoms with Gasteiger partial charge in [-0.3, -0.25) is 0 Å². The Balaban J connectivity index is 2.90. The molecule has 2 N–H and O–H groups in total. The Bertz CT molecular complexity index is 444. The summed E-state index contributed by atoms with van der Waals surface area (Å²) in [6, 6.07) is 3.17. The van der Waals surface area contributed by atoms with Gasteiger partial charge in [-0.15, -0.1) is 0 Å².